The quantitative estimate of drug-likeness (QED) is 0.756. The minimum Gasteiger partial charge on any atom is -0.486 e. The zero-order valence-electron chi connectivity index (χ0n) is 10.9. The lowest BCUT2D eigenvalue weighted by Gasteiger charge is -2.19. The van der Waals surface area contributed by atoms with Crippen LogP contribution in [0.5, 0.6) is 11.5 Å². The first-order valence-electron chi connectivity index (χ1n) is 6.61. The van der Waals surface area contributed by atoms with Crippen molar-refractivity contribution in [2.75, 3.05) is 38.3 Å². The highest BCUT2D eigenvalue weighted by Crippen LogP contribution is 2.32. The van der Waals surface area contributed by atoms with Gasteiger partial charge < -0.3 is 19.5 Å². The van der Waals surface area contributed by atoms with E-state index >= 15 is 0 Å². The van der Waals surface area contributed by atoms with Crippen molar-refractivity contribution in [1.82, 2.24) is 0 Å². The van der Waals surface area contributed by atoms with Gasteiger partial charge in [-0.1, -0.05) is 13.3 Å². The molecule has 0 bridgehead atoms. The number of hydrogen-bond donors (Lipinski definition) is 1. The average molecular weight is 251 g/mol. The molecule has 100 valence electrons. The van der Waals surface area contributed by atoms with Crippen molar-refractivity contribution in [3.63, 3.8) is 0 Å². The third-order valence-electron chi connectivity index (χ3n) is 2.76. The summed E-state index contributed by atoms with van der Waals surface area (Å²) in [6.45, 7) is 5.80. The van der Waals surface area contributed by atoms with Crippen molar-refractivity contribution in [1.29, 1.82) is 0 Å². The van der Waals surface area contributed by atoms with Gasteiger partial charge in [0.05, 0.1) is 6.61 Å². The Morgan fingerprint density at radius 3 is 2.83 bits per heavy atom. The maximum absolute atomic E-state index is 5.53. The molecule has 0 saturated heterocycles. The largest absolute Gasteiger partial charge is 0.486 e. The van der Waals surface area contributed by atoms with Crippen LogP contribution in [0.3, 0.4) is 0 Å². The third kappa shape index (κ3) is 3.81. The van der Waals surface area contributed by atoms with E-state index in [4.69, 9.17) is 14.2 Å². The van der Waals surface area contributed by atoms with Gasteiger partial charge in [-0.05, 0) is 18.6 Å². The number of ether oxygens (including phenoxy) is 3. The second-order valence-corrected chi connectivity index (χ2v) is 4.25. The SMILES string of the molecule is CCCCOCCNc1ccc2c(c1)OCCO2. The Morgan fingerprint density at radius 2 is 2.00 bits per heavy atom. The van der Waals surface area contributed by atoms with Crippen LogP contribution < -0.4 is 14.8 Å². The minimum absolute atomic E-state index is 0.622. The smallest absolute Gasteiger partial charge is 0.163 e. The molecule has 4 heteroatoms. The first kappa shape index (κ1) is 13.0. The number of unbranched alkanes of at least 4 members (excludes halogenated alkanes) is 1. The summed E-state index contributed by atoms with van der Waals surface area (Å²) in [5, 5.41) is 3.31. The lowest BCUT2D eigenvalue weighted by molar-refractivity contribution is 0.141. The zero-order valence-corrected chi connectivity index (χ0v) is 10.9. The van der Waals surface area contributed by atoms with Crippen molar-refractivity contribution in [2.45, 2.75) is 19.8 Å². The number of benzene rings is 1. The Hall–Kier alpha value is -1.42. The van der Waals surface area contributed by atoms with Crippen LogP contribution in [0.2, 0.25) is 0 Å². The molecule has 0 saturated carbocycles. The normalized spacial score (nSPS) is 13.4. The Morgan fingerprint density at radius 1 is 1.17 bits per heavy atom. The van der Waals surface area contributed by atoms with Crippen LogP contribution in [-0.2, 0) is 4.74 Å². The van der Waals surface area contributed by atoms with Crippen LogP contribution in [0.4, 0.5) is 5.69 Å². The Kier molecular flexibility index (Phi) is 5.15. The third-order valence-corrected chi connectivity index (χ3v) is 2.76. The van der Waals surface area contributed by atoms with Crippen molar-refractivity contribution in [3.05, 3.63) is 18.2 Å². The van der Waals surface area contributed by atoms with E-state index in [9.17, 15) is 0 Å². The number of fused-ring (bicyclic) bond motifs is 1. The maximum Gasteiger partial charge on any atom is 0.163 e. The standard InChI is InChI=1S/C14H21NO3/c1-2-3-7-16-8-6-15-12-4-5-13-14(11-12)18-10-9-17-13/h4-5,11,15H,2-3,6-10H2,1H3. The van der Waals surface area contributed by atoms with Crippen LogP contribution in [-0.4, -0.2) is 33.0 Å². The molecule has 4 nitrogen and oxygen atoms in total. The number of hydrogen-bond acceptors (Lipinski definition) is 4. The van der Waals surface area contributed by atoms with E-state index < -0.39 is 0 Å². The number of anilines is 1. The molecule has 0 aromatic heterocycles. The first-order chi connectivity index (χ1) is 8.90. The fourth-order valence-corrected chi connectivity index (χ4v) is 1.77. The summed E-state index contributed by atoms with van der Waals surface area (Å²) in [7, 11) is 0. The number of nitrogens with one attached hydrogen (secondary N) is 1. The summed E-state index contributed by atoms with van der Waals surface area (Å²) in [5.41, 5.74) is 1.04. The van der Waals surface area contributed by atoms with Gasteiger partial charge in [0, 0.05) is 24.9 Å². The maximum atomic E-state index is 5.53. The van der Waals surface area contributed by atoms with Crippen molar-refractivity contribution in [3.8, 4) is 11.5 Å². The molecule has 0 amide bonds. The van der Waals surface area contributed by atoms with E-state index in [1.165, 1.54) is 6.42 Å². The molecule has 0 fully saturated rings. The molecule has 0 spiro atoms. The summed E-state index contributed by atoms with van der Waals surface area (Å²) in [6, 6.07) is 5.91. The summed E-state index contributed by atoms with van der Waals surface area (Å²) in [6.07, 6.45) is 2.31. The van der Waals surface area contributed by atoms with Gasteiger partial charge in [0.2, 0.25) is 0 Å². The topological polar surface area (TPSA) is 39.7 Å². The van der Waals surface area contributed by atoms with E-state index in [1.54, 1.807) is 0 Å². The molecule has 2 rings (SSSR count). The van der Waals surface area contributed by atoms with Gasteiger partial charge in [-0.3, -0.25) is 0 Å². The van der Waals surface area contributed by atoms with Crippen molar-refractivity contribution in [2.24, 2.45) is 0 Å². The van der Waals surface area contributed by atoms with E-state index in [0.29, 0.717) is 13.2 Å². The monoisotopic (exact) mass is 251 g/mol. The van der Waals surface area contributed by atoms with Gasteiger partial charge in [-0.15, -0.1) is 0 Å². The Balaban J connectivity index is 1.72. The lowest BCUT2D eigenvalue weighted by atomic mass is 10.2. The molecule has 1 aromatic carbocycles. The van der Waals surface area contributed by atoms with Gasteiger partial charge in [-0.2, -0.15) is 0 Å². The molecule has 1 aromatic rings. The Labute approximate surface area is 108 Å². The summed E-state index contributed by atoms with van der Waals surface area (Å²) >= 11 is 0. The van der Waals surface area contributed by atoms with Gasteiger partial charge in [0.15, 0.2) is 11.5 Å². The molecule has 1 heterocycles. The second-order valence-electron chi connectivity index (χ2n) is 4.25. The first-order valence-corrected chi connectivity index (χ1v) is 6.61. The van der Waals surface area contributed by atoms with Gasteiger partial charge in [-0.25, -0.2) is 0 Å². The molecule has 0 unspecified atom stereocenters. The second kappa shape index (κ2) is 7.11. The van der Waals surface area contributed by atoms with Gasteiger partial charge >= 0.3 is 0 Å². The lowest BCUT2D eigenvalue weighted by Crippen LogP contribution is -2.16. The highest BCUT2D eigenvalue weighted by Gasteiger charge is 2.11. The van der Waals surface area contributed by atoms with Crippen LogP contribution in [0, 0.1) is 0 Å². The molecule has 1 aliphatic rings. The van der Waals surface area contributed by atoms with Crippen molar-refractivity contribution < 1.29 is 14.2 Å². The van der Waals surface area contributed by atoms with Crippen LogP contribution in [0.1, 0.15) is 19.8 Å². The highest BCUT2D eigenvalue weighted by atomic mass is 16.6. The highest BCUT2D eigenvalue weighted by molar-refractivity contribution is 5.55. The molecule has 1 N–H and O–H groups in total. The minimum atomic E-state index is 0.622. The van der Waals surface area contributed by atoms with Gasteiger partial charge in [0.25, 0.3) is 0 Å². The fraction of sp³-hybridized carbons (Fsp3) is 0.571. The predicted molar refractivity (Wildman–Crippen MR) is 71.6 cm³/mol. The molecular weight excluding hydrogens is 230 g/mol. The molecular formula is C14H21NO3. The Bertz CT molecular complexity index is 368. The van der Waals surface area contributed by atoms with E-state index in [2.05, 4.69) is 12.2 Å². The molecule has 0 radical (unpaired) electrons. The number of rotatable bonds is 7. The van der Waals surface area contributed by atoms with E-state index in [-0.39, 0.29) is 0 Å². The van der Waals surface area contributed by atoms with E-state index in [1.807, 2.05) is 18.2 Å². The molecule has 0 aliphatic carbocycles. The van der Waals surface area contributed by atoms with E-state index in [0.717, 1.165) is 43.4 Å². The van der Waals surface area contributed by atoms with Gasteiger partial charge in [0.1, 0.15) is 13.2 Å². The van der Waals surface area contributed by atoms with Crippen LogP contribution in [0.15, 0.2) is 18.2 Å². The van der Waals surface area contributed by atoms with Crippen LogP contribution in [0.25, 0.3) is 0 Å². The summed E-state index contributed by atoms with van der Waals surface area (Å²) in [5.74, 6) is 1.64. The van der Waals surface area contributed by atoms with Crippen molar-refractivity contribution >= 4 is 5.69 Å². The predicted octanol–water partition coefficient (Wildman–Crippen LogP) is 2.69. The molecule has 1 aliphatic heterocycles. The summed E-state index contributed by atoms with van der Waals surface area (Å²) < 4.78 is 16.5. The fourth-order valence-electron chi connectivity index (χ4n) is 1.77. The summed E-state index contributed by atoms with van der Waals surface area (Å²) in [4.78, 5) is 0. The molecule has 18 heavy (non-hydrogen) atoms. The van der Waals surface area contributed by atoms with Crippen LogP contribution >= 0.6 is 0 Å². The average Bonchev–Trinajstić information content (AvgIpc) is 2.42. The zero-order chi connectivity index (χ0) is 12.6. The molecule has 0 atom stereocenters.